The number of unbranched alkanes of at least 4 members (excludes halogenated alkanes) is 1. The predicted molar refractivity (Wildman–Crippen MR) is 77.6 cm³/mol. The maximum Gasteiger partial charge on any atom is 0.191 e. The van der Waals surface area contributed by atoms with Crippen molar-refractivity contribution in [3.05, 3.63) is 0 Å². The zero-order chi connectivity index (χ0) is 13.0. The molecule has 0 radical (unpaired) electrons. The number of aliphatic imine (C=N–C) groups is 1. The summed E-state index contributed by atoms with van der Waals surface area (Å²) in [5, 5.41) is 0. The van der Waals surface area contributed by atoms with Crippen LogP contribution in [0.3, 0.4) is 0 Å². The van der Waals surface area contributed by atoms with Crippen LogP contribution in [0.5, 0.6) is 0 Å². The fourth-order valence-corrected chi connectivity index (χ4v) is 3.29. The summed E-state index contributed by atoms with van der Waals surface area (Å²) in [4.78, 5) is 6.85. The Labute approximate surface area is 112 Å². The molecule has 0 saturated heterocycles. The van der Waals surface area contributed by atoms with Gasteiger partial charge in [0.25, 0.3) is 0 Å². The van der Waals surface area contributed by atoms with Crippen LogP contribution >= 0.6 is 0 Å². The molecule has 2 rings (SSSR count). The average molecular weight is 251 g/mol. The third-order valence-corrected chi connectivity index (χ3v) is 4.68. The van der Waals surface area contributed by atoms with Gasteiger partial charge in [-0.2, -0.15) is 0 Å². The molecule has 1 aliphatic carbocycles. The lowest BCUT2D eigenvalue weighted by molar-refractivity contribution is 0.212. The largest absolute Gasteiger partial charge is 0.370 e. The van der Waals surface area contributed by atoms with Crippen molar-refractivity contribution in [3.8, 4) is 0 Å². The Hall–Kier alpha value is -0.730. The van der Waals surface area contributed by atoms with Gasteiger partial charge in [0.2, 0.25) is 0 Å². The molecule has 1 aliphatic heterocycles. The summed E-state index contributed by atoms with van der Waals surface area (Å²) in [6.07, 6.45) is 9.38. The summed E-state index contributed by atoms with van der Waals surface area (Å²) in [5.74, 6) is 2.58. The SMILES string of the molecule is CCCC[C@H]1CN=C(N)N1CC1CCC(C)CC1. The molecule has 2 N–H and O–H groups in total. The summed E-state index contributed by atoms with van der Waals surface area (Å²) in [7, 11) is 0. The fraction of sp³-hybridized carbons (Fsp3) is 0.933. The fourth-order valence-electron chi connectivity index (χ4n) is 3.29. The van der Waals surface area contributed by atoms with Crippen LogP contribution < -0.4 is 5.73 Å². The van der Waals surface area contributed by atoms with E-state index in [0.29, 0.717) is 6.04 Å². The third-order valence-electron chi connectivity index (χ3n) is 4.68. The predicted octanol–water partition coefficient (Wildman–Crippen LogP) is 3.00. The molecule has 0 aromatic heterocycles. The molecule has 1 atom stereocenters. The van der Waals surface area contributed by atoms with E-state index < -0.39 is 0 Å². The Morgan fingerprint density at radius 1 is 1.28 bits per heavy atom. The lowest BCUT2D eigenvalue weighted by Gasteiger charge is -2.33. The number of hydrogen-bond acceptors (Lipinski definition) is 3. The zero-order valence-corrected chi connectivity index (χ0v) is 12.1. The molecule has 2 aliphatic rings. The van der Waals surface area contributed by atoms with Gasteiger partial charge in [-0.1, -0.05) is 39.5 Å². The van der Waals surface area contributed by atoms with Crippen LogP contribution in [0.2, 0.25) is 0 Å². The first-order valence-electron chi connectivity index (χ1n) is 7.77. The Balaban J connectivity index is 1.83. The molecule has 18 heavy (non-hydrogen) atoms. The van der Waals surface area contributed by atoms with Gasteiger partial charge in [-0.25, -0.2) is 0 Å². The van der Waals surface area contributed by atoms with Crippen molar-refractivity contribution in [1.29, 1.82) is 0 Å². The number of guanidine groups is 1. The minimum Gasteiger partial charge on any atom is -0.370 e. The smallest absolute Gasteiger partial charge is 0.191 e. The van der Waals surface area contributed by atoms with E-state index in [1.165, 1.54) is 44.9 Å². The molecular weight excluding hydrogens is 222 g/mol. The van der Waals surface area contributed by atoms with Gasteiger partial charge in [-0.3, -0.25) is 4.99 Å². The molecule has 0 unspecified atom stereocenters. The molecule has 3 nitrogen and oxygen atoms in total. The van der Waals surface area contributed by atoms with E-state index in [4.69, 9.17) is 5.73 Å². The zero-order valence-electron chi connectivity index (χ0n) is 12.1. The Kier molecular flexibility index (Phi) is 4.90. The van der Waals surface area contributed by atoms with Crippen molar-refractivity contribution in [1.82, 2.24) is 4.90 Å². The molecule has 1 fully saturated rings. The number of rotatable bonds is 5. The van der Waals surface area contributed by atoms with E-state index in [1.807, 2.05) is 0 Å². The number of nitrogens with two attached hydrogens (primary N) is 1. The number of hydrogen-bond donors (Lipinski definition) is 1. The molecule has 0 bridgehead atoms. The van der Waals surface area contributed by atoms with Crippen molar-refractivity contribution in [2.24, 2.45) is 22.6 Å². The van der Waals surface area contributed by atoms with Gasteiger partial charge < -0.3 is 10.6 Å². The van der Waals surface area contributed by atoms with Gasteiger partial charge in [-0.15, -0.1) is 0 Å². The Morgan fingerprint density at radius 2 is 2.00 bits per heavy atom. The topological polar surface area (TPSA) is 41.6 Å². The maximum absolute atomic E-state index is 6.06. The van der Waals surface area contributed by atoms with E-state index in [0.717, 1.165) is 30.9 Å². The van der Waals surface area contributed by atoms with Crippen LogP contribution in [-0.4, -0.2) is 30.0 Å². The monoisotopic (exact) mass is 251 g/mol. The first-order valence-corrected chi connectivity index (χ1v) is 7.77. The van der Waals surface area contributed by atoms with Crippen LogP contribution in [-0.2, 0) is 0 Å². The van der Waals surface area contributed by atoms with Gasteiger partial charge in [0, 0.05) is 6.54 Å². The third kappa shape index (κ3) is 3.39. The highest BCUT2D eigenvalue weighted by atomic mass is 15.3. The van der Waals surface area contributed by atoms with E-state index in [9.17, 15) is 0 Å². The van der Waals surface area contributed by atoms with Crippen molar-refractivity contribution in [2.45, 2.75) is 64.8 Å². The van der Waals surface area contributed by atoms with Crippen molar-refractivity contribution in [2.75, 3.05) is 13.1 Å². The summed E-state index contributed by atoms with van der Waals surface area (Å²) >= 11 is 0. The first kappa shape index (κ1) is 13.7. The van der Waals surface area contributed by atoms with E-state index in [2.05, 4.69) is 23.7 Å². The highest BCUT2D eigenvalue weighted by molar-refractivity contribution is 5.80. The van der Waals surface area contributed by atoms with Crippen LogP contribution in [0, 0.1) is 11.8 Å². The van der Waals surface area contributed by atoms with Gasteiger partial charge >= 0.3 is 0 Å². The maximum atomic E-state index is 6.06. The highest BCUT2D eigenvalue weighted by Crippen LogP contribution is 2.30. The van der Waals surface area contributed by atoms with Gasteiger partial charge in [-0.05, 0) is 31.1 Å². The second-order valence-corrected chi connectivity index (χ2v) is 6.27. The van der Waals surface area contributed by atoms with Gasteiger partial charge in [0.1, 0.15) is 0 Å². The number of nitrogens with zero attached hydrogens (tertiary/aromatic N) is 2. The summed E-state index contributed by atoms with van der Waals surface area (Å²) in [6, 6.07) is 0.587. The second-order valence-electron chi connectivity index (χ2n) is 6.27. The highest BCUT2D eigenvalue weighted by Gasteiger charge is 2.29. The molecule has 1 saturated carbocycles. The molecule has 0 aromatic rings. The average Bonchev–Trinajstić information content (AvgIpc) is 2.71. The first-order chi connectivity index (χ1) is 8.70. The quantitative estimate of drug-likeness (QED) is 0.816. The lowest BCUT2D eigenvalue weighted by Crippen LogP contribution is -2.44. The van der Waals surface area contributed by atoms with Gasteiger partial charge in [0.05, 0.1) is 12.6 Å². The molecular formula is C15H29N3. The van der Waals surface area contributed by atoms with Crippen LogP contribution in [0.15, 0.2) is 4.99 Å². The van der Waals surface area contributed by atoms with Crippen LogP contribution in [0.25, 0.3) is 0 Å². The second kappa shape index (κ2) is 6.44. The molecule has 0 amide bonds. The van der Waals surface area contributed by atoms with Crippen molar-refractivity contribution < 1.29 is 0 Å². The van der Waals surface area contributed by atoms with Gasteiger partial charge in [0.15, 0.2) is 5.96 Å². The van der Waals surface area contributed by atoms with Crippen LogP contribution in [0.4, 0.5) is 0 Å². The summed E-state index contributed by atoms with van der Waals surface area (Å²) in [5.41, 5.74) is 6.06. The van der Waals surface area contributed by atoms with Crippen LogP contribution in [0.1, 0.15) is 58.8 Å². The molecule has 0 spiro atoms. The standard InChI is InChI=1S/C15H29N3/c1-3-4-5-14-10-17-15(16)18(14)11-13-8-6-12(2)7-9-13/h12-14H,3-11H2,1-2H3,(H2,16,17)/t12?,13?,14-/m0/s1. The van der Waals surface area contributed by atoms with E-state index >= 15 is 0 Å². The molecule has 104 valence electrons. The summed E-state index contributed by atoms with van der Waals surface area (Å²) in [6.45, 7) is 6.71. The van der Waals surface area contributed by atoms with E-state index in [-0.39, 0.29) is 0 Å². The molecule has 3 heteroatoms. The normalized spacial score (nSPS) is 32.7. The Morgan fingerprint density at radius 3 is 2.67 bits per heavy atom. The minimum absolute atomic E-state index is 0.587. The molecule has 0 aromatic carbocycles. The summed E-state index contributed by atoms with van der Waals surface area (Å²) < 4.78 is 0. The Bertz CT molecular complexity index is 279. The van der Waals surface area contributed by atoms with E-state index in [1.54, 1.807) is 0 Å². The molecule has 1 heterocycles. The minimum atomic E-state index is 0.587. The van der Waals surface area contributed by atoms with Crippen molar-refractivity contribution in [3.63, 3.8) is 0 Å². The van der Waals surface area contributed by atoms with Crippen molar-refractivity contribution >= 4 is 5.96 Å². The lowest BCUT2D eigenvalue weighted by atomic mass is 9.82.